The normalized spacial score (nSPS) is 19.1. The van der Waals surface area contributed by atoms with Gasteiger partial charge in [-0.3, -0.25) is 9.59 Å². The molecule has 6 nitrogen and oxygen atoms in total. The van der Waals surface area contributed by atoms with Gasteiger partial charge < -0.3 is 19.9 Å². The first-order valence-electron chi connectivity index (χ1n) is 9.74. The zero-order chi connectivity index (χ0) is 19.5. The van der Waals surface area contributed by atoms with Gasteiger partial charge in [0.2, 0.25) is 5.91 Å². The van der Waals surface area contributed by atoms with E-state index < -0.39 is 0 Å². The molecule has 0 aliphatic carbocycles. The van der Waals surface area contributed by atoms with E-state index in [1.807, 2.05) is 53.4 Å². The summed E-state index contributed by atoms with van der Waals surface area (Å²) in [5.74, 6) is 0.936. The van der Waals surface area contributed by atoms with E-state index in [1.54, 1.807) is 12.0 Å². The smallest absolute Gasteiger partial charge is 0.254 e. The summed E-state index contributed by atoms with van der Waals surface area (Å²) in [5.41, 5.74) is 2.50. The average molecular weight is 416 g/mol. The molecule has 154 valence electrons. The van der Waals surface area contributed by atoms with Crippen molar-refractivity contribution < 1.29 is 14.3 Å². The number of nitrogens with zero attached hydrogens (tertiary/aromatic N) is 2. The highest BCUT2D eigenvalue weighted by atomic mass is 35.5. The van der Waals surface area contributed by atoms with Crippen molar-refractivity contribution in [3.63, 3.8) is 0 Å². The van der Waals surface area contributed by atoms with Crippen molar-refractivity contribution in [2.45, 2.75) is 18.9 Å². The molecule has 0 spiro atoms. The molecule has 1 N–H and O–H groups in total. The van der Waals surface area contributed by atoms with Crippen LogP contribution in [0.1, 0.15) is 34.8 Å². The number of amides is 2. The molecule has 0 bridgehead atoms. The number of piperazine rings is 1. The lowest BCUT2D eigenvalue weighted by atomic mass is 10.0. The Hall–Kier alpha value is -2.57. The number of carbonyl (C=O) groups is 2. The van der Waals surface area contributed by atoms with Gasteiger partial charge in [0.05, 0.1) is 13.2 Å². The SMILES string of the molecule is COc1ccccc1C1CNCCN1C(=O)c1ccc(N2CCCC2=O)cc1.Cl. The first-order chi connectivity index (χ1) is 13.7. The van der Waals surface area contributed by atoms with Crippen LogP contribution >= 0.6 is 12.4 Å². The van der Waals surface area contributed by atoms with E-state index in [4.69, 9.17) is 4.74 Å². The Bertz CT molecular complexity index is 872. The predicted molar refractivity (Wildman–Crippen MR) is 115 cm³/mol. The molecule has 29 heavy (non-hydrogen) atoms. The number of ether oxygens (including phenoxy) is 1. The zero-order valence-electron chi connectivity index (χ0n) is 16.5. The minimum absolute atomic E-state index is 0. The molecule has 2 saturated heterocycles. The number of hydrogen-bond acceptors (Lipinski definition) is 4. The molecule has 2 fully saturated rings. The van der Waals surface area contributed by atoms with E-state index in [2.05, 4.69) is 5.32 Å². The molecule has 2 amide bonds. The Kier molecular flexibility index (Phi) is 6.77. The monoisotopic (exact) mass is 415 g/mol. The van der Waals surface area contributed by atoms with Crippen molar-refractivity contribution in [3.05, 3.63) is 59.7 Å². The maximum absolute atomic E-state index is 13.3. The quantitative estimate of drug-likeness (QED) is 0.833. The van der Waals surface area contributed by atoms with Gasteiger partial charge >= 0.3 is 0 Å². The van der Waals surface area contributed by atoms with Gasteiger partial charge in [0.15, 0.2) is 0 Å². The molecule has 0 aromatic heterocycles. The van der Waals surface area contributed by atoms with Crippen LogP contribution in [0.4, 0.5) is 5.69 Å². The van der Waals surface area contributed by atoms with Gasteiger partial charge in [-0.2, -0.15) is 0 Å². The lowest BCUT2D eigenvalue weighted by Gasteiger charge is -2.37. The molecule has 2 aromatic carbocycles. The maximum atomic E-state index is 13.3. The lowest BCUT2D eigenvalue weighted by Crippen LogP contribution is -2.48. The van der Waals surface area contributed by atoms with Crippen LogP contribution in [0.15, 0.2) is 48.5 Å². The van der Waals surface area contributed by atoms with Gasteiger partial charge in [-0.1, -0.05) is 18.2 Å². The number of para-hydroxylation sites is 1. The number of halogens is 1. The molecule has 0 saturated carbocycles. The Morgan fingerprint density at radius 1 is 1.10 bits per heavy atom. The Morgan fingerprint density at radius 2 is 1.86 bits per heavy atom. The summed E-state index contributed by atoms with van der Waals surface area (Å²) in [6.07, 6.45) is 1.49. The Balaban J connectivity index is 0.00000240. The van der Waals surface area contributed by atoms with Crippen molar-refractivity contribution >= 4 is 29.9 Å². The highest BCUT2D eigenvalue weighted by Crippen LogP contribution is 2.31. The summed E-state index contributed by atoms with van der Waals surface area (Å²) in [5, 5.41) is 3.38. The van der Waals surface area contributed by atoms with Crippen LogP contribution in [0.25, 0.3) is 0 Å². The topological polar surface area (TPSA) is 61.9 Å². The number of hydrogen-bond donors (Lipinski definition) is 1. The van der Waals surface area contributed by atoms with Crippen LogP contribution < -0.4 is 15.0 Å². The van der Waals surface area contributed by atoms with Crippen LogP contribution in [0.5, 0.6) is 5.75 Å². The number of benzene rings is 2. The molecule has 7 heteroatoms. The highest BCUT2D eigenvalue weighted by Gasteiger charge is 2.30. The second-order valence-corrected chi connectivity index (χ2v) is 7.16. The lowest BCUT2D eigenvalue weighted by molar-refractivity contribution is -0.117. The molecule has 2 aliphatic heterocycles. The fourth-order valence-corrected chi connectivity index (χ4v) is 4.04. The number of carbonyl (C=O) groups excluding carboxylic acids is 2. The summed E-state index contributed by atoms with van der Waals surface area (Å²) in [6, 6.07) is 15.1. The maximum Gasteiger partial charge on any atom is 0.254 e. The minimum Gasteiger partial charge on any atom is -0.496 e. The Labute approximate surface area is 177 Å². The fourth-order valence-electron chi connectivity index (χ4n) is 4.04. The number of nitrogens with one attached hydrogen (secondary N) is 1. The standard InChI is InChI=1S/C22H25N3O3.ClH/c1-28-20-6-3-2-5-18(20)19-15-23-12-14-25(19)22(27)16-8-10-17(11-9-16)24-13-4-7-21(24)26;/h2-3,5-6,8-11,19,23H,4,7,12-15H2,1H3;1H. The van der Waals surface area contributed by atoms with Crippen molar-refractivity contribution in [2.24, 2.45) is 0 Å². The molecule has 1 unspecified atom stereocenters. The van der Waals surface area contributed by atoms with E-state index in [9.17, 15) is 9.59 Å². The average Bonchev–Trinajstić information content (AvgIpc) is 3.19. The third-order valence-electron chi connectivity index (χ3n) is 5.50. The van der Waals surface area contributed by atoms with Gasteiger partial charge in [0.1, 0.15) is 5.75 Å². The van der Waals surface area contributed by atoms with Crippen LogP contribution in [0.2, 0.25) is 0 Å². The Morgan fingerprint density at radius 3 is 2.55 bits per heavy atom. The number of rotatable bonds is 4. The minimum atomic E-state index is -0.0859. The summed E-state index contributed by atoms with van der Waals surface area (Å²) in [4.78, 5) is 28.9. The predicted octanol–water partition coefficient (Wildman–Crippen LogP) is 3.03. The second-order valence-electron chi connectivity index (χ2n) is 7.16. The van der Waals surface area contributed by atoms with Crippen LogP contribution in [-0.4, -0.2) is 50.0 Å². The number of methoxy groups -OCH3 is 1. The van der Waals surface area contributed by atoms with Crippen LogP contribution in [-0.2, 0) is 4.79 Å². The van der Waals surface area contributed by atoms with Crippen molar-refractivity contribution in [2.75, 3.05) is 38.2 Å². The molecule has 1 atom stereocenters. The van der Waals surface area contributed by atoms with Gasteiger partial charge in [0, 0.05) is 49.4 Å². The van der Waals surface area contributed by atoms with E-state index in [0.29, 0.717) is 25.1 Å². The largest absolute Gasteiger partial charge is 0.496 e. The first kappa shape index (κ1) is 21.1. The third kappa shape index (κ3) is 4.23. The van der Waals surface area contributed by atoms with E-state index >= 15 is 0 Å². The summed E-state index contributed by atoms with van der Waals surface area (Å²) in [6.45, 7) is 2.83. The van der Waals surface area contributed by atoms with Crippen molar-refractivity contribution in [1.82, 2.24) is 10.2 Å². The van der Waals surface area contributed by atoms with E-state index in [0.717, 1.165) is 36.5 Å². The molecule has 2 aliphatic rings. The van der Waals surface area contributed by atoms with Crippen LogP contribution in [0.3, 0.4) is 0 Å². The highest BCUT2D eigenvalue weighted by molar-refractivity contribution is 5.97. The van der Waals surface area contributed by atoms with E-state index in [1.165, 1.54) is 0 Å². The van der Waals surface area contributed by atoms with Gasteiger partial charge in [-0.15, -0.1) is 12.4 Å². The molecular formula is C22H26ClN3O3. The van der Waals surface area contributed by atoms with Crippen molar-refractivity contribution in [3.8, 4) is 5.75 Å². The zero-order valence-corrected chi connectivity index (χ0v) is 17.3. The van der Waals surface area contributed by atoms with Crippen LogP contribution in [0, 0.1) is 0 Å². The summed E-state index contributed by atoms with van der Waals surface area (Å²) in [7, 11) is 1.65. The van der Waals surface area contributed by atoms with Gasteiger partial charge in [-0.05, 0) is 36.8 Å². The van der Waals surface area contributed by atoms with Crippen molar-refractivity contribution in [1.29, 1.82) is 0 Å². The first-order valence-corrected chi connectivity index (χ1v) is 9.74. The second kappa shape index (κ2) is 9.29. The molecule has 0 radical (unpaired) electrons. The molecule has 4 rings (SSSR count). The summed E-state index contributed by atoms with van der Waals surface area (Å²) < 4.78 is 5.51. The van der Waals surface area contributed by atoms with E-state index in [-0.39, 0.29) is 30.3 Å². The molecule has 2 aromatic rings. The fraction of sp³-hybridized carbons (Fsp3) is 0.364. The third-order valence-corrected chi connectivity index (χ3v) is 5.50. The molecular weight excluding hydrogens is 390 g/mol. The molecule has 2 heterocycles. The number of anilines is 1. The van der Waals surface area contributed by atoms with Gasteiger partial charge in [-0.25, -0.2) is 0 Å². The van der Waals surface area contributed by atoms with Gasteiger partial charge in [0.25, 0.3) is 5.91 Å². The summed E-state index contributed by atoms with van der Waals surface area (Å²) >= 11 is 0.